The van der Waals surface area contributed by atoms with Gasteiger partial charge in [-0.1, -0.05) is 56.6 Å². The van der Waals surface area contributed by atoms with Gasteiger partial charge >= 0.3 is 0 Å². The van der Waals surface area contributed by atoms with Gasteiger partial charge in [-0.15, -0.1) is 0 Å². The lowest BCUT2D eigenvalue weighted by Crippen LogP contribution is -2.35. The fourth-order valence-electron chi connectivity index (χ4n) is 3.41. The number of rotatable bonds is 10. The molecule has 2 aromatic rings. The summed E-state index contributed by atoms with van der Waals surface area (Å²) < 4.78 is 27.0. The summed E-state index contributed by atoms with van der Waals surface area (Å²) in [5.41, 5.74) is 2.49. The second kappa shape index (κ2) is 11.1. The Bertz CT molecular complexity index is 988. The molecular weight excluding hydrogens is 434 g/mol. The summed E-state index contributed by atoms with van der Waals surface area (Å²) in [4.78, 5) is 15.0. The average molecular weight is 466 g/mol. The van der Waals surface area contributed by atoms with Crippen LogP contribution < -0.4 is 5.32 Å². The molecule has 0 fully saturated rings. The maximum atomic E-state index is 12.9. The number of likely N-dealkylation sites (N-methyl/N-ethyl adjacent to an activating group) is 1. The molecule has 0 spiro atoms. The van der Waals surface area contributed by atoms with Crippen molar-refractivity contribution in [2.45, 2.75) is 38.1 Å². The molecule has 1 atom stereocenters. The fourth-order valence-corrected chi connectivity index (χ4v) is 5.10. The first-order valence-corrected chi connectivity index (χ1v) is 12.3. The number of nitrogens with zero attached hydrogens (tertiary/aromatic N) is 2. The van der Waals surface area contributed by atoms with E-state index in [0.29, 0.717) is 19.6 Å². The first-order chi connectivity index (χ1) is 14.6. The van der Waals surface area contributed by atoms with E-state index in [9.17, 15) is 13.2 Å². The molecular formula is C23H32ClN3O3S. The van der Waals surface area contributed by atoms with E-state index in [1.54, 1.807) is 13.8 Å². The molecule has 1 amide bonds. The van der Waals surface area contributed by atoms with Gasteiger partial charge in [0, 0.05) is 19.6 Å². The number of hydrogen-bond donors (Lipinski definition) is 1. The van der Waals surface area contributed by atoms with Crippen LogP contribution in [0.25, 0.3) is 0 Å². The van der Waals surface area contributed by atoms with Crippen molar-refractivity contribution in [2.75, 3.05) is 33.7 Å². The van der Waals surface area contributed by atoms with Gasteiger partial charge in [0.1, 0.15) is 0 Å². The lowest BCUT2D eigenvalue weighted by molar-refractivity contribution is 0.0942. The molecule has 2 aromatic carbocycles. The number of aryl methyl sites for hydroxylation is 1. The highest BCUT2D eigenvalue weighted by Crippen LogP contribution is 2.24. The Hall–Kier alpha value is -1.93. The van der Waals surface area contributed by atoms with Crippen LogP contribution in [0.15, 0.2) is 47.4 Å². The Labute approximate surface area is 191 Å². The highest BCUT2D eigenvalue weighted by atomic mass is 35.5. The molecule has 2 rings (SSSR count). The highest BCUT2D eigenvalue weighted by molar-refractivity contribution is 7.89. The molecule has 0 aromatic heterocycles. The molecule has 170 valence electrons. The first-order valence-electron chi connectivity index (χ1n) is 10.5. The minimum Gasteiger partial charge on any atom is -0.350 e. The Morgan fingerprint density at radius 2 is 1.65 bits per heavy atom. The van der Waals surface area contributed by atoms with Crippen molar-refractivity contribution in [3.8, 4) is 0 Å². The van der Waals surface area contributed by atoms with E-state index in [-0.39, 0.29) is 21.5 Å². The van der Waals surface area contributed by atoms with E-state index < -0.39 is 15.9 Å². The summed E-state index contributed by atoms with van der Waals surface area (Å²) >= 11 is 6.24. The van der Waals surface area contributed by atoms with Crippen molar-refractivity contribution >= 4 is 27.5 Å². The largest absolute Gasteiger partial charge is 0.350 e. The summed E-state index contributed by atoms with van der Waals surface area (Å²) in [5, 5.41) is 3.12. The molecule has 1 unspecified atom stereocenters. The number of carbonyl (C=O) groups is 1. The summed E-state index contributed by atoms with van der Waals surface area (Å²) in [5.74, 6) is -0.404. The Balaban J connectivity index is 2.24. The molecule has 0 saturated heterocycles. The quantitative estimate of drug-likeness (QED) is 0.576. The van der Waals surface area contributed by atoms with Crippen LogP contribution >= 0.6 is 11.6 Å². The zero-order valence-electron chi connectivity index (χ0n) is 18.9. The number of sulfonamides is 1. The second-order valence-corrected chi connectivity index (χ2v) is 9.86. The number of nitrogens with one attached hydrogen (secondary N) is 1. The summed E-state index contributed by atoms with van der Waals surface area (Å²) in [7, 11) is 0.224. The van der Waals surface area contributed by atoms with Crippen LogP contribution in [0.2, 0.25) is 5.02 Å². The van der Waals surface area contributed by atoms with E-state index in [1.807, 2.05) is 19.0 Å². The standard InChI is InChI=1S/C23H32ClN3O3S/c1-6-17-9-11-18(12-10-17)22(26(4)5)16-25-23(28)20-15-19(13-14-21(20)24)31(29,30)27(7-2)8-3/h9-15,22H,6-8,16H2,1-5H3,(H,25,28). The highest BCUT2D eigenvalue weighted by Gasteiger charge is 2.24. The summed E-state index contributed by atoms with van der Waals surface area (Å²) in [6, 6.07) is 12.5. The minimum absolute atomic E-state index is 0.0313. The summed E-state index contributed by atoms with van der Waals surface area (Å²) in [6.07, 6.45) is 0.967. The molecule has 0 heterocycles. The average Bonchev–Trinajstić information content (AvgIpc) is 2.74. The molecule has 8 heteroatoms. The number of halogens is 1. The Morgan fingerprint density at radius 1 is 1.03 bits per heavy atom. The van der Waals surface area contributed by atoms with Crippen LogP contribution in [-0.4, -0.2) is 57.3 Å². The van der Waals surface area contributed by atoms with Gasteiger partial charge in [0.15, 0.2) is 0 Å². The van der Waals surface area contributed by atoms with E-state index >= 15 is 0 Å². The third kappa shape index (κ3) is 6.07. The fraction of sp³-hybridized carbons (Fsp3) is 0.435. The first kappa shape index (κ1) is 25.3. The number of carbonyl (C=O) groups excluding carboxylic acids is 1. The van der Waals surface area contributed by atoms with Crippen LogP contribution in [-0.2, 0) is 16.4 Å². The Morgan fingerprint density at radius 3 is 2.16 bits per heavy atom. The van der Waals surface area contributed by atoms with Gasteiger partial charge in [-0.3, -0.25) is 4.79 Å². The van der Waals surface area contributed by atoms with Gasteiger partial charge in [0.25, 0.3) is 5.91 Å². The van der Waals surface area contributed by atoms with Gasteiger partial charge < -0.3 is 10.2 Å². The number of amides is 1. The third-order valence-electron chi connectivity index (χ3n) is 5.38. The molecule has 0 radical (unpaired) electrons. The van der Waals surface area contributed by atoms with Crippen LogP contribution in [0.3, 0.4) is 0 Å². The molecule has 31 heavy (non-hydrogen) atoms. The van der Waals surface area contributed by atoms with E-state index in [1.165, 1.54) is 28.1 Å². The molecule has 0 aliphatic carbocycles. The second-order valence-electron chi connectivity index (χ2n) is 7.52. The lowest BCUT2D eigenvalue weighted by atomic mass is 10.0. The predicted molar refractivity (Wildman–Crippen MR) is 126 cm³/mol. The third-order valence-corrected chi connectivity index (χ3v) is 7.75. The van der Waals surface area contributed by atoms with E-state index in [2.05, 4.69) is 36.5 Å². The van der Waals surface area contributed by atoms with Crippen molar-refractivity contribution in [2.24, 2.45) is 0 Å². The lowest BCUT2D eigenvalue weighted by Gasteiger charge is -2.25. The number of hydrogen-bond acceptors (Lipinski definition) is 4. The molecule has 0 bridgehead atoms. The van der Waals surface area contributed by atoms with Gasteiger partial charge in [-0.05, 0) is 49.8 Å². The van der Waals surface area contributed by atoms with Crippen LogP contribution in [0.4, 0.5) is 0 Å². The van der Waals surface area contributed by atoms with Crippen molar-refractivity contribution < 1.29 is 13.2 Å². The Kier molecular flexibility index (Phi) is 9.06. The molecule has 0 saturated carbocycles. The van der Waals surface area contributed by atoms with Crippen LogP contribution in [0.5, 0.6) is 0 Å². The van der Waals surface area contributed by atoms with Gasteiger partial charge in [-0.2, -0.15) is 4.31 Å². The van der Waals surface area contributed by atoms with Crippen molar-refractivity contribution in [1.82, 2.24) is 14.5 Å². The topological polar surface area (TPSA) is 69.7 Å². The number of benzene rings is 2. The monoisotopic (exact) mass is 465 g/mol. The van der Waals surface area contributed by atoms with Crippen LogP contribution in [0, 0.1) is 0 Å². The van der Waals surface area contributed by atoms with E-state index in [4.69, 9.17) is 11.6 Å². The molecule has 0 aliphatic heterocycles. The van der Waals surface area contributed by atoms with Gasteiger partial charge in [0.05, 0.1) is 21.5 Å². The minimum atomic E-state index is -3.68. The molecule has 1 N–H and O–H groups in total. The van der Waals surface area contributed by atoms with Gasteiger partial charge in [0.2, 0.25) is 10.0 Å². The zero-order valence-corrected chi connectivity index (χ0v) is 20.4. The SMILES string of the molecule is CCc1ccc(C(CNC(=O)c2cc(S(=O)(=O)N(CC)CC)ccc2Cl)N(C)C)cc1. The predicted octanol–water partition coefficient (Wildman–Crippen LogP) is 3.97. The normalized spacial score (nSPS) is 12.9. The van der Waals surface area contributed by atoms with E-state index in [0.717, 1.165) is 12.0 Å². The van der Waals surface area contributed by atoms with Crippen molar-refractivity contribution in [3.05, 3.63) is 64.2 Å². The maximum absolute atomic E-state index is 12.9. The maximum Gasteiger partial charge on any atom is 0.252 e. The zero-order chi connectivity index (χ0) is 23.2. The van der Waals surface area contributed by atoms with Gasteiger partial charge in [-0.25, -0.2) is 8.42 Å². The molecule has 6 nitrogen and oxygen atoms in total. The van der Waals surface area contributed by atoms with Crippen LogP contribution in [0.1, 0.15) is 48.3 Å². The van der Waals surface area contributed by atoms with Crippen molar-refractivity contribution in [3.63, 3.8) is 0 Å². The smallest absolute Gasteiger partial charge is 0.252 e. The molecule has 0 aliphatic rings. The van der Waals surface area contributed by atoms with Crippen molar-refractivity contribution in [1.29, 1.82) is 0 Å². The summed E-state index contributed by atoms with van der Waals surface area (Å²) in [6.45, 7) is 6.73.